The van der Waals surface area contributed by atoms with Gasteiger partial charge >= 0.3 is 17.9 Å². The first kappa shape index (κ1) is 61.4. The lowest BCUT2D eigenvalue weighted by Gasteiger charge is -2.18. The Balaban J connectivity index is 4.25. The second-order valence-electron chi connectivity index (χ2n) is 20.5. The SMILES string of the molecule is CCCCCCCCCCCCCCCCCCCCC(=O)OC[C@H](COC(=O)CCCCCCCCCC(C)C)OC(=O)CCCCCCCCCCCCCCCCC(C)C. The lowest BCUT2D eigenvalue weighted by atomic mass is 10.0. The summed E-state index contributed by atoms with van der Waals surface area (Å²) in [6.45, 7) is 11.4. The molecule has 0 bridgehead atoms. The molecule has 0 saturated carbocycles. The Bertz CT molecular complexity index is 962. The molecule has 63 heavy (non-hydrogen) atoms. The van der Waals surface area contributed by atoms with E-state index in [1.54, 1.807) is 0 Å². The normalized spacial score (nSPS) is 12.0. The van der Waals surface area contributed by atoms with Crippen LogP contribution in [0.15, 0.2) is 0 Å². The maximum absolute atomic E-state index is 12.8. The van der Waals surface area contributed by atoms with E-state index in [1.165, 1.54) is 205 Å². The zero-order chi connectivity index (χ0) is 46.1. The second kappa shape index (κ2) is 49.8. The van der Waals surface area contributed by atoms with E-state index in [9.17, 15) is 14.4 Å². The third-order valence-electron chi connectivity index (χ3n) is 13.0. The molecule has 374 valence electrons. The van der Waals surface area contributed by atoms with Crippen LogP contribution in [-0.2, 0) is 28.6 Å². The first-order valence-electron chi connectivity index (χ1n) is 28.2. The third kappa shape index (κ3) is 51.3. The quantitative estimate of drug-likeness (QED) is 0.0344. The smallest absolute Gasteiger partial charge is 0.306 e. The minimum atomic E-state index is -0.763. The summed E-state index contributed by atoms with van der Waals surface area (Å²) < 4.78 is 16.9. The van der Waals surface area contributed by atoms with Crippen LogP contribution in [0, 0.1) is 11.8 Å². The highest BCUT2D eigenvalue weighted by atomic mass is 16.6. The van der Waals surface area contributed by atoms with E-state index in [0.717, 1.165) is 69.6 Å². The summed E-state index contributed by atoms with van der Waals surface area (Å²) in [6.07, 6.45) is 52.5. The molecule has 0 aliphatic rings. The maximum atomic E-state index is 12.8. The van der Waals surface area contributed by atoms with Crippen LogP contribution in [0.3, 0.4) is 0 Å². The number of hydrogen-bond acceptors (Lipinski definition) is 6. The Hall–Kier alpha value is -1.59. The molecule has 6 heteroatoms. The van der Waals surface area contributed by atoms with E-state index in [-0.39, 0.29) is 31.1 Å². The van der Waals surface area contributed by atoms with E-state index in [2.05, 4.69) is 34.6 Å². The van der Waals surface area contributed by atoms with E-state index >= 15 is 0 Å². The average molecular weight is 892 g/mol. The fourth-order valence-corrected chi connectivity index (χ4v) is 8.70. The number of hydrogen-bond donors (Lipinski definition) is 0. The van der Waals surface area contributed by atoms with E-state index in [0.29, 0.717) is 19.3 Å². The van der Waals surface area contributed by atoms with E-state index in [4.69, 9.17) is 14.2 Å². The number of carbonyl (C=O) groups is 3. The number of esters is 3. The van der Waals surface area contributed by atoms with Gasteiger partial charge in [0.15, 0.2) is 6.10 Å². The molecule has 0 aromatic rings. The number of ether oxygens (including phenoxy) is 3. The van der Waals surface area contributed by atoms with Gasteiger partial charge in [0.05, 0.1) is 0 Å². The fraction of sp³-hybridized carbons (Fsp3) is 0.947. The highest BCUT2D eigenvalue weighted by Crippen LogP contribution is 2.18. The summed E-state index contributed by atoms with van der Waals surface area (Å²) in [5.74, 6) is 0.780. The lowest BCUT2D eigenvalue weighted by molar-refractivity contribution is -0.167. The molecule has 1 atom stereocenters. The zero-order valence-electron chi connectivity index (χ0n) is 43.2. The summed E-state index contributed by atoms with van der Waals surface area (Å²) in [4.78, 5) is 38.0. The van der Waals surface area contributed by atoms with Crippen molar-refractivity contribution in [2.75, 3.05) is 13.2 Å². The third-order valence-corrected chi connectivity index (χ3v) is 13.0. The van der Waals surface area contributed by atoms with Gasteiger partial charge in [0, 0.05) is 19.3 Å². The molecule has 0 amide bonds. The van der Waals surface area contributed by atoms with Crippen LogP contribution >= 0.6 is 0 Å². The van der Waals surface area contributed by atoms with Crippen LogP contribution in [-0.4, -0.2) is 37.2 Å². The first-order chi connectivity index (χ1) is 30.7. The molecular formula is C57H110O6. The summed E-state index contributed by atoms with van der Waals surface area (Å²) >= 11 is 0. The van der Waals surface area contributed by atoms with Crippen molar-refractivity contribution in [3.05, 3.63) is 0 Å². The predicted molar refractivity (Wildman–Crippen MR) is 270 cm³/mol. The molecule has 0 saturated heterocycles. The maximum Gasteiger partial charge on any atom is 0.306 e. The molecule has 0 unspecified atom stereocenters. The molecule has 0 fully saturated rings. The average Bonchev–Trinajstić information content (AvgIpc) is 3.25. The Labute approximate surface area is 393 Å². The van der Waals surface area contributed by atoms with Crippen molar-refractivity contribution in [2.45, 2.75) is 323 Å². The van der Waals surface area contributed by atoms with Crippen LogP contribution in [0.5, 0.6) is 0 Å². The summed E-state index contributed by atoms with van der Waals surface area (Å²) in [5.41, 5.74) is 0. The van der Waals surface area contributed by atoms with Gasteiger partial charge in [0.25, 0.3) is 0 Å². The topological polar surface area (TPSA) is 78.9 Å². The zero-order valence-corrected chi connectivity index (χ0v) is 43.2. The molecule has 6 nitrogen and oxygen atoms in total. The van der Waals surface area contributed by atoms with Gasteiger partial charge in [-0.15, -0.1) is 0 Å². The van der Waals surface area contributed by atoms with Crippen LogP contribution in [0.4, 0.5) is 0 Å². The van der Waals surface area contributed by atoms with Gasteiger partial charge in [-0.1, -0.05) is 279 Å². The Morgan fingerprint density at radius 1 is 0.302 bits per heavy atom. The van der Waals surface area contributed by atoms with E-state index in [1.807, 2.05) is 0 Å². The Kier molecular flexibility index (Phi) is 48.6. The summed E-state index contributed by atoms with van der Waals surface area (Å²) in [6, 6.07) is 0. The predicted octanol–water partition coefficient (Wildman–Crippen LogP) is 18.5. The van der Waals surface area contributed by atoms with Crippen molar-refractivity contribution in [3.8, 4) is 0 Å². The standard InChI is InChI=1S/C57H110O6/c1-6-7-8-9-10-11-12-13-14-15-16-17-21-24-27-32-37-42-47-55(58)61-50-54(51-62-56(59)48-43-38-34-29-31-36-41-46-53(4)5)63-57(60)49-44-39-33-28-25-22-19-18-20-23-26-30-35-40-45-52(2)3/h52-54H,6-51H2,1-5H3/t54-/m1/s1. The van der Waals surface area contributed by atoms with Crippen LogP contribution in [0.1, 0.15) is 317 Å². The highest BCUT2D eigenvalue weighted by Gasteiger charge is 2.19. The molecule has 0 rings (SSSR count). The van der Waals surface area contributed by atoms with Crippen molar-refractivity contribution < 1.29 is 28.6 Å². The highest BCUT2D eigenvalue weighted by molar-refractivity contribution is 5.71. The fourth-order valence-electron chi connectivity index (χ4n) is 8.70. The number of carbonyl (C=O) groups excluding carboxylic acids is 3. The van der Waals surface area contributed by atoms with Crippen molar-refractivity contribution in [2.24, 2.45) is 11.8 Å². The molecular weight excluding hydrogens is 781 g/mol. The molecule has 0 heterocycles. The molecule has 0 aliphatic heterocycles. The van der Waals surface area contributed by atoms with Crippen LogP contribution in [0.2, 0.25) is 0 Å². The molecule has 0 spiro atoms. The van der Waals surface area contributed by atoms with Gasteiger partial charge in [-0.3, -0.25) is 14.4 Å². The van der Waals surface area contributed by atoms with Crippen molar-refractivity contribution in [1.29, 1.82) is 0 Å². The van der Waals surface area contributed by atoms with Gasteiger partial charge in [-0.05, 0) is 31.1 Å². The monoisotopic (exact) mass is 891 g/mol. The Morgan fingerprint density at radius 2 is 0.524 bits per heavy atom. The van der Waals surface area contributed by atoms with Gasteiger partial charge in [-0.25, -0.2) is 0 Å². The molecule has 0 aliphatic carbocycles. The van der Waals surface area contributed by atoms with Crippen molar-refractivity contribution in [1.82, 2.24) is 0 Å². The summed E-state index contributed by atoms with van der Waals surface area (Å²) in [5, 5.41) is 0. The van der Waals surface area contributed by atoms with Crippen molar-refractivity contribution in [3.63, 3.8) is 0 Å². The second-order valence-corrected chi connectivity index (χ2v) is 20.5. The first-order valence-corrected chi connectivity index (χ1v) is 28.2. The summed E-state index contributed by atoms with van der Waals surface area (Å²) in [7, 11) is 0. The van der Waals surface area contributed by atoms with Gasteiger partial charge in [0.2, 0.25) is 0 Å². The molecule has 0 N–H and O–H groups in total. The molecule has 0 aromatic heterocycles. The van der Waals surface area contributed by atoms with Gasteiger partial charge in [-0.2, -0.15) is 0 Å². The Morgan fingerprint density at radius 3 is 0.778 bits per heavy atom. The van der Waals surface area contributed by atoms with E-state index < -0.39 is 6.10 Å². The lowest BCUT2D eigenvalue weighted by Crippen LogP contribution is -2.30. The molecule has 0 aromatic carbocycles. The van der Waals surface area contributed by atoms with Crippen LogP contribution in [0.25, 0.3) is 0 Å². The van der Waals surface area contributed by atoms with Gasteiger partial charge in [0.1, 0.15) is 13.2 Å². The number of rotatable bonds is 51. The van der Waals surface area contributed by atoms with Gasteiger partial charge < -0.3 is 14.2 Å². The molecule has 0 radical (unpaired) electrons. The number of unbranched alkanes of at least 4 members (excludes halogenated alkanes) is 36. The minimum Gasteiger partial charge on any atom is -0.462 e. The largest absolute Gasteiger partial charge is 0.462 e. The van der Waals surface area contributed by atoms with Crippen molar-refractivity contribution >= 4 is 17.9 Å². The van der Waals surface area contributed by atoms with Crippen LogP contribution < -0.4 is 0 Å². The minimum absolute atomic E-state index is 0.0635.